The first-order chi connectivity index (χ1) is 16.2. The lowest BCUT2D eigenvalue weighted by atomic mass is 9.85. The molecule has 0 amide bonds. The Hall–Kier alpha value is -3.65. The van der Waals surface area contributed by atoms with E-state index in [1.807, 2.05) is 0 Å². The summed E-state index contributed by atoms with van der Waals surface area (Å²) >= 11 is 0. The van der Waals surface area contributed by atoms with Crippen molar-refractivity contribution in [2.45, 2.75) is 47.0 Å². The number of aromatic nitrogens is 1. The maximum Gasteiger partial charge on any atom is 0.227 e. The number of hydrogen-bond donors (Lipinski definition) is 0. The Morgan fingerprint density at radius 1 is 0.676 bits per heavy atom. The van der Waals surface area contributed by atoms with Gasteiger partial charge >= 0.3 is 0 Å². The van der Waals surface area contributed by atoms with Crippen LogP contribution < -0.4 is 0 Å². The number of aryl methyl sites for hydroxylation is 3. The summed E-state index contributed by atoms with van der Waals surface area (Å²) in [5, 5.41) is 1.02. The predicted molar refractivity (Wildman–Crippen MR) is 143 cm³/mol. The fourth-order valence-electron chi connectivity index (χ4n) is 4.66. The average molecular weight is 446 g/mol. The van der Waals surface area contributed by atoms with Gasteiger partial charge in [-0.1, -0.05) is 74.9 Å². The molecule has 2 aromatic heterocycles. The van der Waals surface area contributed by atoms with Crippen LogP contribution in [-0.2, 0) is 5.41 Å². The number of pyridine rings is 1. The molecule has 2 nitrogen and oxygen atoms in total. The van der Waals surface area contributed by atoms with Crippen LogP contribution in [0.15, 0.2) is 83.3 Å². The second kappa shape index (κ2) is 8.29. The summed E-state index contributed by atoms with van der Waals surface area (Å²) in [6.45, 7) is 13.2. The number of hydrogen-bond acceptors (Lipinski definition) is 2. The van der Waals surface area contributed by atoms with E-state index in [4.69, 9.17) is 9.40 Å². The Labute approximate surface area is 202 Å². The third-order valence-corrected chi connectivity index (χ3v) is 6.56. The monoisotopic (exact) mass is 445 g/mol. The van der Waals surface area contributed by atoms with Crippen molar-refractivity contribution in [3.05, 3.63) is 101 Å². The highest BCUT2D eigenvalue weighted by Crippen LogP contribution is 2.33. The van der Waals surface area contributed by atoms with Crippen LogP contribution in [0.2, 0.25) is 0 Å². The van der Waals surface area contributed by atoms with Gasteiger partial charge in [0.2, 0.25) is 5.71 Å². The lowest BCUT2D eigenvalue weighted by Crippen LogP contribution is -2.11. The third kappa shape index (κ3) is 4.17. The predicted octanol–water partition coefficient (Wildman–Crippen LogP) is 9.05. The van der Waals surface area contributed by atoms with E-state index in [2.05, 4.69) is 120 Å². The first-order valence-corrected chi connectivity index (χ1v) is 11.9. The fraction of sp³-hybridized carbons (Fsp3) is 0.219. The Morgan fingerprint density at radius 3 is 2.03 bits per heavy atom. The first-order valence-electron chi connectivity index (χ1n) is 11.9. The maximum absolute atomic E-state index is 6.23. The van der Waals surface area contributed by atoms with Crippen molar-refractivity contribution >= 4 is 11.1 Å². The highest BCUT2D eigenvalue weighted by Gasteiger charge is 2.16. The average Bonchev–Trinajstić information content (AvgIpc) is 3.22. The largest absolute Gasteiger partial charge is 0.438 e. The van der Waals surface area contributed by atoms with Crippen molar-refractivity contribution in [2.24, 2.45) is 0 Å². The summed E-state index contributed by atoms with van der Waals surface area (Å²) < 4.78 is 6.23. The quantitative estimate of drug-likeness (QED) is 0.277. The van der Waals surface area contributed by atoms with Gasteiger partial charge in [-0.25, -0.2) is 4.98 Å². The van der Waals surface area contributed by atoms with Crippen LogP contribution in [0.3, 0.4) is 0 Å². The molecule has 0 atom stereocenters. The van der Waals surface area contributed by atoms with E-state index in [0.29, 0.717) is 5.71 Å². The van der Waals surface area contributed by atoms with Gasteiger partial charge in [0.05, 0.1) is 5.69 Å². The molecule has 2 heterocycles. The van der Waals surface area contributed by atoms with Gasteiger partial charge in [-0.05, 0) is 84.3 Å². The van der Waals surface area contributed by atoms with Crippen LogP contribution in [0.4, 0.5) is 0 Å². The number of benzene rings is 3. The van der Waals surface area contributed by atoms with Gasteiger partial charge in [-0.3, -0.25) is 0 Å². The van der Waals surface area contributed by atoms with Crippen molar-refractivity contribution in [2.75, 3.05) is 0 Å². The van der Waals surface area contributed by atoms with Gasteiger partial charge in [-0.15, -0.1) is 0 Å². The molecule has 0 N–H and O–H groups in total. The molecule has 3 aromatic carbocycles. The van der Waals surface area contributed by atoms with Crippen LogP contribution in [0.1, 0.15) is 43.0 Å². The van der Waals surface area contributed by atoms with Crippen molar-refractivity contribution in [3.63, 3.8) is 0 Å². The second-order valence-electron chi connectivity index (χ2n) is 10.4. The normalized spacial score (nSPS) is 11.8. The van der Waals surface area contributed by atoms with Crippen molar-refractivity contribution in [3.8, 4) is 33.7 Å². The van der Waals surface area contributed by atoms with E-state index in [1.54, 1.807) is 0 Å². The molecule has 0 spiro atoms. The molecule has 0 aliphatic heterocycles. The Kier molecular flexibility index (Phi) is 5.40. The van der Waals surface area contributed by atoms with Crippen LogP contribution in [0.25, 0.3) is 44.8 Å². The van der Waals surface area contributed by atoms with Crippen LogP contribution >= 0.6 is 0 Å². The summed E-state index contributed by atoms with van der Waals surface area (Å²) in [5.74, 6) is 0.840. The zero-order valence-electron chi connectivity index (χ0n) is 20.9. The molecule has 5 rings (SSSR count). The smallest absolute Gasteiger partial charge is 0.227 e. The Morgan fingerprint density at radius 2 is 1.35 bits per heavy atom. The topological polar surface area (TPSA) is 26.0 Å². The van der Waals surface area contributed by atoms with Gasteiger partial charge in [0, 0.05) is 16.5 Å². The molecular formula is C32H31NO. The highest BCUT2D eigenvalue weighted by atomic mass is 16.3. The molecule has 0 saturated heterocycles. The SMILES string of the molecule is Cc1cc(-c2ccc3cc(-c4ccc(-c5c(C)cccc5C)cc4)oc3n2)cc(C(C)(C)C)c1. The van der Waals surface area contributed by atoms with E-state index in [9.17, 15) is 0 Å². The minimum atomic E-state index is 0.0890. The van der Waals surface area contributed by atoms with Crippen LogP contribution in [0, 0.1) is 20.8 Å². The molecule has 0 unspecified atom stereocenters. The van der Waals surface area contributed by atoms with Gasteiger partial charge in [0.25, 0.3) is 0 Å². The molecule has 34 heavy (non-hydrogen) atoms. The standard InChI is InChI=1S/C32H31NO/c1-20-16-26(18-27(17-20)32(4,5)6)28-15-14-25-19-29(34-31(25)33-28)23-10-12-24(13-11-23)30-21(2)8-7-9-22(30)3/h7-19H,1-6H3. The van der Waals surface area contributed by atoms with Gasteiger partial charge in [-0.2, -0.15) is 0 Å². The Balaban J connectivity index is 1.50. The first kappa shape index (κ1) is 22.2. The molecule has 0 fully saturated rings. The fourth-order valence-corrected chi connectivity index (χ4v) is 4.66. The summed E-state index contributed by atoms with van der Waals surface area (Å²) in [4.78, 5) is 4.88. The molecule has 0 radical (unpaired) electrons. The van der Waals surface area contributed by atoms with Gasteiger partial charge < -0.3 is 4.42 Å². The van der Waals surface area contributed by atoms with Crippen molar-refractivity contribution < 1.29 is 4.42 Å². The number of rotatable bonds is 3. The van der Waals surface area contributed by atoms with Crippen LogP contribution in [-0.4, -0.2) is 4.98 Å². The van der Waals surface area contributed by atoms with E-state index >= 15 is 0 Å². The van der Waals surface area contributed by atoms with Gasteiger partial charge in [0.1, 0.15) is 5.76 Å². The lowest BCUT2D eigenvalue weighted by molar-refractivity contribution is 0.590. The number of nitrogens with zero attached hydrogens (tertiary/aromatic N) is 1. The Bertz CT molecular complexity index is 1480. The van der Waals surface area contributed by atoms with Gasteiger partial charge in [0.15, 0.2) is 0 Å². The van der Waals surface area contributed by atoms with Crippen molar-refractivity contribution in [1.29, 1.82) is 0 Å². The number of furan rings is 1. The zero-order valence-corrected chi connectivity index (χ0v) is 20.9. The zero-order chi connectivity index (χ0) is 24.0. The lowest BCUT2D eigenvalue weighted by Gasteiger charge is -2.20. The molecule has 5 aromatic rings. The molecule has 2 heteroatoms. The minimum Gasteiger partial charge on any atom is -0.438 e. The summed E-state index contributed by atoms with van der Waals surface area (Å²) in [6, 6.07) is 28.0. The van der Waals surface area contributed by atoms with Crippen LogP contribution in [0.5, 0.6) is 0 Å². The summed E-state index contributed by atoms with van der Waals surface area (Å²) in [7, 11) is 0. The van der Waals surface area contributed by atoms with Crippen molar-refractivity contribution in [1.82, 2.24) is 4.98 Å². The van der Waals surface area contributed by atoms with E-state index in [1.165, 1.54) is 33.4 Å². The highest BCUT2D eigenvalue weighted by molar-refractivity contribution is 5.83. The molecule has 170 valence electrons. The maximum atomic E-state index is 6.23. The summed E-state index contributed by atoms with van der Waals surface area (Å²) in [5.41, 5.74) is 11.6. The molecule has 0 saturated carbocycles. The number of fused-ring (bicyclic) bond motifs is 1. The molecule has 0 bridgehead atoms. The molecule has 0 aliphatic carbocycles. The van der Waals surface area contributed by atoms with E-state index < -0.39 is 0 Å². The van der Waals surface area contributed by atoms with E-state index in [0.717, 1.165) is 28.0 Å². The molecule has 0 aliphatic rings. The minimum absolute atomic E-state index is 0.0890. The third-order valence-electron chi connectivity index (χ3n) is 6.56. The van der Waals surface area contributed by atoms with E-state index in [-0.39, 0.29) is 5.41 Å². The molecular weight excluding hydrogens is 414 g/mol. The summed E-state index contributed by atoms with van der Waals surface area (Å²) in [6.07, 6.45) is 0. The second-order valence-corrected chi connectivity index (χ2v) is 10.4.